The number of nitrogens with two attached hydrogens (primary N) is 4. The lowest BCUT2D eigenvalue weighted by Crippen LogP contribution is -2.47. The highest BCUT2D eigenvalue weighted by molar-refractivity contribution is 4.70. The molecule has 0 aromatic carbocycles. The quantitative estimate of drug-likeness (QED) is 0.373. The van der Waals surface area contributed by atoms with E-state index in [1.54, 1.807) is 0 Å². The second-order valence-electron chi connectivity index (χ2n) is 3.58. The van der Waals surface area contributed by atoms with Crippen molar-refractivity contribution in [1.82, 2.24) is 0 Å². The Labute approximate surface area is 88.4 Å². The maximum absolute atomic E-state index is 5.49. The van der Waals surface area contributed by atoms with Crippen LogP contribution in [0.4, 0.5) is 0 Å². The zero-order valence-electron chi connectivity index (χ0n) is 9.76. The largest absolute Gasteiger partial charge is 0.330 e. The van der Waals surface area contributed by atoms with Crippen LogP contribution in [0.2, 0.25) is 0 Å². The Morgan fingerprint density at radius 3 is 1.29 bits per heavy atom. The Morgan fingerprint density at radius 1 is 0.786 bits per heavy atom. The van der Waals surface area contributed by atoms with Crippen molar-refractivity contribution in [3.05, 3.63) is 0 Å². The first-order chi connectivity index (χ1) is 6.54. The van der Waals surface area contributed by atoms with E-state index in [-0.39, 0.29) is 0 Å². The van der Waals surface area contributed by atoms with Crippen molar-refractivity contribution in [2.24, 2.45) is 22.9 Å². The molecule has 0 aromatic rings. The predicted molar refractivity (Wildman–Crippen MR) is 63.6 cm³/mol. The Hall–Kier alpha value is -0.160. The molecule has 0 rings (SSSR count). The van der Waals surface area contributed by atoms with Gasteiger partial charge >= 0.3 is 0 Å². The van der Waals surface area contributed by atoms with Gasteiger partial charge in [-0.05, 0) is 38.8 Å². The SMILES string of the molecule is CCC(N)(N)CC.NCCCCCN. The van der Waals surface area contributed by atoms with Crippen molar-refractivity contribution < 1.29 is 0 Å². The summed E-state index contributed by atoms with van der Waals surface area (Å²) in [6, 6.07) is 0. The van der Waals surface area contributed by atoms with Crippen LogP contribution < -0.4 is 22.9 Å². The first kappa shape index (κ1) is 16.3. The maximum atomic E-state index is 5.49. The summed E-state index contributed by atoms with van der Waals surface area (Å²) < 4.78 is 0. The fourth-order valence-electron chi connectivity index (χ4n) is 0.715. The van der Waals surface area contributed by atoms with Crippen LogP contribution in [0.3, 0.4) is 0 Å². The van der Waals surface area contributed by atoms with Crippen LogP contribution in [0.5, 0.6) is 0 Å². The molecule has 0 aliphatic rings. The van der Waals surface area contributed by atoms with E-state index in [4.69, 9.17) is 22.9 Å². The van der Waals surface area contributed by atoms with E-state index >= 15 is 0 Å². The Bertz CT molecular complexity index is 94.3. The van der Waals surface area contributed by atoms with Gasteiger partial charge in [0.05, 0.1) is 5.66 Å². The van der Waals surface area contributed by atoms with Crippen LogP contribution >= 0.6 is 0 Å². The molecular weight excluding hydrogens is 176 g/mol. The standard InChI is InChI=1S/2C5H14N2/c1-3-5(6,7)4-2;6-4-2-1-3-5-7/h3-4,6-7H2,1-2H3;1-7H2. The summed E-state index contributed by atoms with van der Waals surface area (Å²) in [7, 11) is 0. The van der Waals surface area contributed by atoms with Gasteiger partial charge in [-0.1, -0.05) is 20.3 Å². The molecule has 0 amide bonds. The number of hydrogen-bond acceptors (Lipinski definition) is 4. The van der Waals surface area contributed by atoms with Gasteiger partial charge in [0.2, 0.25) is 0 Å². The van der Waals surface area contributed by atoms with E-state index in [9.17, 15) is 0 Å². The van der Waals surface area contributed by atoms with Crippen LogP contribution in [0, 0.1) is 0 Å². The summed E-state index contributed by atoms with van der Waals surface area (Å²) in [6.07, 6.45) is 5.13. The topological polar surface area (TPSA) is 104 Å². The van der Waals surface area contributed by atoms with Crippen molar-refractivity contribution in [1.29, 1.82) is 0 Å². The molecule has 0 bridgehead atoms. The highest BCUT2D eigenvalue weighted by Gasteiger charge is 2.10. The molecule has 4 nitrogen and oxygen atoms in total. The summed E-state index contributed by atoms with van der Waals surface area (Å²) in [4.78, 5) is 0. The van der Waals surface area contributed by atoms with Crippen LogP contribution in [-0.2, 0) is 0 Å². The lowest BCUT2D eigenvalue weighted by atomic mass is 10.1. The molecule has 0 spiro atoms. The zero-order chi connectivity index (χ0) is 11.4. The van der Waals surface area contributed by atoms with E-state index in [1.165, 1.54) is 6.42 Å². The minimum atomic E-state index is -0.417. The molecule has 0 aliphatic carbocycles. The first-order valence-corrected chi connectivity index (χ1v) is 5.52. The van der Waals surface area contributed by atoms with Crippen LogP contribution in [0.25, 0.3) is 0 Å². The fourth-order valence-corrected chi connectivity index (χ4v) is 0.715. The van der Waals surface area contributed by atoms with Crippen molar-refractivity contribution in [2.75, 3.05) is 13.1 Å². The Morgan fingerprint density at radius 2 is 1.14 bits per heavy atom. The third-order valence-corrected chi connectivity index (χ3v) is 2.22. The summed E-state index contributed by atoms with van der Waals surface area (Å²) in [5.74, 6) is 0. The van der Waals surface area contributed by atoms with Gasteiger partial charge in [-0.2, -0.15) is 0 Å². The van der Waals surface area contributed by atoms with Gasteiger partial charge in [0.15, 0.2) is 0 Å². The lowest BCUT2D eigenvalue weighted by Gasteiger charge is -2.19. The Balaban J connectivity index is 0. The van der Waals surface area contributed by atoms with Crippen LogP contribution in [0.15, 0.2) is 0 Å². The molecule has 0 heterocycles. The van der Waals surface area contributed by atoms with Gasteiger partial charge in [0.25, 0.3) is 0 Å². The zero-order valence-corrected chi connectivity index (χ0v) is 9.76. The average molecular weight is 204 g/mol. The third kappa shape index (κ3) is 14.4. The second-order valence-corrected chi connectivity index (χ2v) is 3.58. The molecule has 14 heavy (non-hydrogen) atoms. The molecular formula is C10H28N4. The molecule has 0 fully saturated rings. The fraction of sp³-hybridized carbons (Fsp3) is 1.00. The van der Waals surface area contributed by atoms with Gasteiger partial charge in [-0.3, -0.25) is 0 Å². The maximum Gasteiger partial charge on any atom is 0.0631 e. The molecule has 0 aromatic heterocycles. The Kier molecular flexibility index (Phi) is 12.7. The van der Waals surface area contributed by atoms with Crippen molar-refractivity contribution in [2.45, 2.75) is 51.6 Å². The van der Waals surface area contributed by atoms with Crippen molar-refractivity contribution in [3.63, 3.8) is 0 Å². The van der Waals surface area contributed by atoms with Gasteiger partial charge in [0.1, 0.15) is 0 Å². The van der Waals surface area contributed by atoms with Crippen LogP contribution in [-0.4, -0.2) is 18.8 Å². The van der Waals surface area contributed by atoms with E-state index < -0.39 is 5.66 Å². The predicted octanol–water partition coefficient (Wildman–Crippen LogP) is 0.494. The van der Waals surface area contributed by atoms with E-state index in [0.29, 0.717) is 0 Å². The van der Waals surface area contributed by atoms with Gasteiger partial charge in [0, 0.05) is 0 Å². The highest BCUT2D eigenvalue weighted by Crippen LogP contribution is 1.99. The van der Waals surface area contributed by atoms with Gasteiger partial charge in [-0.25, -0.2) is 0 Å². The monoisotopic (exact) mass is 204 g/mol. The molecule has 0 unspecified atom stereocenters. The van der Waals surface area contributed by atoms with Crippen molar-refractivity contribution in [3.8, 4) is 0 Å². The summed E-state index contributed by atoms with van der Waals surface area (Å²) in [5.41, 5.74) is 21.0. The molecule has 0 saturated heterocycles. The van der Waals surface area contributed by atoms with Crippen LogP contribution in [0.1, 0.15) is 46.0 Å². The molecule has 0 radical (unpaired) electrons. The number of hydrogen-bond donors (Lipinski definition) is 4. The molecule has 8 N–H and O–H groups in total. The van der Waals surface area contributed by atoms with Gasteiger partial charge < -0.3 is 22.9 Å². The summed E-state index contributed by atoms with van der Waals surface area (Å²) in [6.45, 7) is 5.59. The highest BCUT2D eigenvalue weighted by atomic mass is 14.9. The van der Waals surface area contributed by atoms with E-state index in [0.717, 1.165) is 38.8 Å². The molecule has 0 atom stereocenters. The molecule has 0 saturated carbocycles. The lowest BCUT2D eigenvalue weighted by molar-refractivity contribution is 0.412. The minimum absolute atomic E-state index is 0.417. The van der Waals surface area contributed by atoms with Crippen molar-refractivity contribution >= 4 is 0 Å². The first-order valence-electron chi connectivity index (χ1n) is 5.52. The number of unbranched alkanes of at least 4 members (excludes halogenated alkanes) is 2. The van der Waals surface area contributed by atoms with E-state index in [1.807, 2.05) is 13.8 Å². The normalized spacial score (nSPS) is 10.7. The molecule has 0 aliphatic heterocycles. The number of rotatable bonds is 6. The average Bonchev–Trinajstić information content (AvgIpc) is 2.20. The molecule has 88 valence electrons. The summed E-state index contributed by atoms with van der Waals surface area (Å²) >= 11 is 0. The second kappa shape index (κ2) is 10.9. The van der Waals surface area contributed by atoms with E-state index in [2.05, 4.69) is 0 Å². The van der Waals surface area contributed by atoms with Gasteiger partial charge in [-0.15, -0.1) is 0 Å². The minimum Gasteiger partial charge on any atom is -0.330 e. The smallest absolute Gasteiger partial charge is 0.0631 e. The summed E-state index contributed by atoms with van der Waals surface area (Å²) in [5, 5.41) is 0. The third-order valence-electron chi connectivity index (χ3n) is 2.22. The molecule has 4 heteroatoms.